The number of ketones is 1. The van der Waals surface area contributed by atoms with Crippen molar-refractivity contribution < 1.29 is 40.4 Å². The van der Waals surface area contributed by atoms with Gasteiger partial charge in [0.1, 0.15) is 5.82 Å². The Hall–Kier alpha value is -3.58. The Balaban J connectivity index is 2.17. The summed E-state index contributed by atoms with van der Waals surface area (Å²) in [6.45, 7) is 3.04. The number of halogens is 4. The van der Waals surface area contributed by atoms with Crippen LogP contribution < -0.4 is 14.9 Å². The molecule has 186 valence electrons. The second-order valence-corrected chi connectivity index (χ2v) is 9.37. The van der Waals surface area contributed by atoms with Gasteiger partial charge in [-0.2, -0.15) is 17.9 Å². The Labute approximate surface area is 197 Å². The molecule has 1 aliphatic heterocycles. The fourth-order valence-corrected chi connectivity index (χ4v) is 5.15. The summed E-state index contributed by atoms with van der Waals surface area (Å²) in [5.74, 6) is -4.17. The number of allylic oxidation sites excluding steroid dienone is 1. The van der Waals surface area contributed by atoms with Gasteiger partial charge >= 0.3 is 6.18 Å². The molecular weight excluding hydrogens is 494 g/mol. The maximum absolute atomic E-state index is 14.6. The molecule has 1 aliphatic rings. The van der Waals surface area contributed by atoms with E-state index >= 15 is 0 Å². The molecule has 1 heterocycles. The van der Waals surface area contributed by atoms with Crippen LogP contribution in [0.25, 0.3) is 0 Å². The third-order valence-electron chi connectivity index (χ3n) is 5.23. The lowest BCUT2D eigenvalue weighted by Crippen LogP contribution is -2.66. The third kappa shape index (κ3) is 4.56. The Bertz CT molecular complexity index is 1340. The fourth-order valence-electron chi connectivity index (χ4n) is 3.83. The van der Waals surface area contributed by atoms with Gasteiger partial charge in [-0.1, -0.05) is 0 Å². The number of nitrogens with one attached hydrogen (secondary N) is 2. The maximum atomic E-state index is 14.6. The molecule has 0 saturated carbocycles. The summed E-state index contributed by atoms with van der Waals surface area (Å²) in [7, 11) is -5.04. The van der Waals surface area contributed by atoms with Crippen molar-refractivity contribution in [1.29, 1.82) is 0 Å². The highest BCUT2D eigenvalue weighted by molar-refractivity contribution is 7.89. The first-order valence-corrected chi connectivity index (χ1v) is 11.4. The standard InChI is InChI=1S/C22H19F4N3O5S/c1-12-19(13(2)30)21(22(24,25)26,20(32)29(12)17-8-4-15(23)5-9-17)28-35(33,34)18-10-6-16(7-11-18)27-14(3)31/h4-11,28H,1-3H3,(H,27,31)/t21-/m0/s1. The molecule has 0 unspecified atom stereocenters. The highest BCUT2D eigenvalue weighted by atomic mass is 32.2. The molecular formula is C22H19F4N3O5S. The van der Waals surface area contributed by atoms with Gasteiger partial charge in [-0.3, -0.25) is 19.3 Å². The average Bonchev–Trinajstić information content (AvgIpc) is 2.95. The van der Waals surface area contributed by atoms with Gasteiger partial charge in [0.2, 0.25) is 21.5 Å². The largest absolute Gasteiger partial charge is 0.421 e. The lowest BCUT2D eigenvalue weighted by molar-refractivity contribution is -0.183. The number of Topliss-reactive ketones (excluding diaryl/α,β-unsaturated/α-hetero) is 1. The zero-order valence-corrected chi connectivity index (χ0v) is 19.3. The van der Waals surface area contributed by atoms with Crippen molar-refractivity contribution in [1.82, 2.24) is 4.72 Å². The van der Waals surface area contributed by atoms with Crippen molar-refractivity contribution in [3.8, 4) is 0 Å². The molecule has 0 fully saturated rings. The smallest absolute Gasteiger partial charge is 0.326 e. The van der Waals surface area contributed by atoms with Gasteiger partial charge in [-0.05, 0) is 62.4 Å². The molecule has 1 atom stereocenters. The van der Waals surface area contributed by atoms with Crippen molar-refractivity contribution in [3.63, 3.8) is 0 Å². The van der Waals surface area contributed by atoms with Crippen molar-refractivity contribution in [2.75, 3.05) is 10.2 Å². The number of sulfonamides is 1. The number of benzene rings is 2. The average molecular weight is 513 g/mol. The molecule has 35 heavy (non-hydrogen) atoms. The van der Waals surface area contributed by atoms with E-state index in [2.05, 4.69) is 5.32 Å². The molecule has 13 heteroatoms. The topological polar surface area (TPSA) is 113 Å². The number of alkyl halides is 3. The van der Waals surface area contributed by atoms with Gasteiger partial charge in [-0.25, -0.2) is 12.8 Å². The molecule has 0 saturated heterocycles. The van der Waals surface area contributed by atoms with Crippen molar-refractivity contribution in [2.45, 2.75) is 37.4 Å². The van der Waals surface area contributed by atoms with E-state index < -0.39 is 61.3 Å². The van der Waals surface area contributed by atoms with Crippen LogP contribution in [0.1, 0.15) is 20.8 Å². The monoisotopic (exact) mass is 513 g/mol. The van der Waals surface area contributed by atoms with Crippen LogP contribution in [0.3, 0.4) is 0 Å². The highest BCUT2D eigenvalue weighted by Gasteiger charge is 2.70. The first-order valence-electron chi connectivity index (χ1n) is 9.92. The Morgan fingerprint density at radius 2 is 1.51 bits per heavy atom. The van der Waals surface area contributed by atoms with Gasteiger partial charge in [0.25, 0.3) is 5.91 Å². The molecule has 0 aromatic heterocycles. The normalized spacial score (nSPS) is 18.7. The molecule has 2 N–H and O–H groups in total. The van der Waals surface area contributed by atoms with E-state index in [4.69, 9.17) is 0 Å². The van der Waals surface area contributed by atoms with Crippen molar-refractivity contribution in [2.24, 2.45) is 0 Å². The van der Waals surface area contributed by atoms with Crippen LogP contribution in [0.2, 0.25) is 0 Å². The highest BCUT2D eigenvalue weighted by Crippen LogP contribution is 2.47. The molecule has 2 aromatic rings. The minimum Gasteiger partial charge on any atom is -0.326 e. The number of hydrogen-bond donors (Lipinski definition) is 2. The van der Waals surface area contributed by atoms with Gasteiger partial charge < -0.3 is 5.32 Å². The van der Waals surface area contributed by atoms with E-state index in [-0.39, 0.29) is 11.4 Å². The van der Waals surface area contributed by atoms with Gasteiger partial charge in [0, 0.05) is 24.0 Å². The number of anilines is 2. The van der Waals surface area contributed by atoms with Crippen LogP contribution in [0.15, 0.2) is 64.7 Å². The third-order valence-corrected chi connectivity index (χ3v) is 6.70. The Morgan fingerprint density at radius 3 is 1.97 bits per heavy atom. The zero-order chi connectivity index (χ0) is 26.3. The summed E-state index contributed by atoms with van der Waals surface area (Å²) in [5.41, 5.74) is -5.53. The molecule has 0 aliphatic carbocycles. The molecule has 3 rings (SSSR count). The molecule has 0 spiro atoms. The van der Waals surface area contributed by atoms with Crippen LogP contribution in [0, 0.1) is 5.82 Å². The second-order valence-electron chi connectivity index (χ2n) is 7.69. The van der Waals surface area contributed by atoms with Crippen LogP contribution >= 0.6 is 0 Å². The van der Waals surface area contributed by atoms with Crippen molar-refractivity contribution in [3.05, 3.63) is 65.6 Å². The first-order chi connectivity index (χ1) is 16.1. The van der Waals surface area contributed by atoms with Crippen LogP contribution in [0.5, 0.6) is 0 Å². The number of carbonyl (C=O) groups is 3. The zero-order valence-electron chi connectivity index (χ0n) is 18.5. The van der Waals surface area contributed by atoms with E-state index in [1.165, 1.54) is 11.6 Å². The molecule has 8 nitrogen and oxygen atoms in total. The van der Waals surface area contributed by atoms with Gasteiger partial charge in [0.05, 0.1) is 10.5 Å². The quantitative estimate of drug-likeness (QED) is 0.576. The summed E-state index contributed by atoms with van der Waals surface area (Å²) >= 11 is 0. The van der Waals surface area contributed by atoms with E-state index in [1.807, 2.05) is 0 Å². The number of rotatable bonds is 6. The molecule has 0 radical (unpaired) electrons. The minimum absolute atomic E-state index is 0.182. The van der Waals surface area contributed by atoms with Crippen LogP contribution in [-0.4, -0.2) is 37.7 Å². The van der Waals surface area contributed by atoms with Crippen molar-refractivity contribution >= 4 is 39.0 Å². The summed E-state index contributed by atoms with van der Waals surface area (Å²) in [6, 6.07) is 7.99. The number of amides is 2. The van der Waals surface area contributed by atoms with Gasteiger partial charge in [-0.15, -0.1) is 0 Å². The lowest BCUT2D eigenvalue weighted by atomic mass is 9.88. The van der Waals surface area contributed by atoms with E-state index in [1.54, 1.807) is 0 Å². The Morgan fingerprint density at radius 1 is 0.971 bits per heavy atom. The predicted molar refractivity (Wildman–Crippen MR) is 117 cm³/mol. The number of nitrogens with zero attached hydrogens (tertiary/aromatic N) is 1. The summed E-state index contributed by atoms with van der Waals surface area (Å²) in [5, 5.41) is 2.38. The number of carbonyl (C=O) groups excluding carboxylic acids is 3. The van der Waals surface area contributed by atoms with E-state index in [0.717, 1.165) is 62.4 Å². The SMILES string of the molecule is CC(=O)Nc1ccc(S(=O)(=O)N[C@]2(C(F)(F)F)C(=O)N(c3ccc(F)cc3)C(C)=C2C(C)=O)cc1. The van der Waals surface area contributed by atoms with Gasteiger partial charge in [0.15, 0.2) is 5.78 Å². The molecule has 2 aromatic carbocycles. The summed E-state index contributed by atoms with van der Waals surface area (Å²) < 4.78 is 84.6. The van der Waals surface area contributed by atoms with Crippen LogP contribution in [-0.2, 0) is 24.4 Å². The second kappa shape index (κ2) is 8.89. The molecule has 0 bridgehead atoms. The summed E-state index contributed by atoms with van der Waals surface area (Å²) in [6.07, 6.45) is -5.58. The Kier molecular flexibility index (Phi) is 6.61. The summed E-state index contributed by atoms with van der Waals surface area (Å²) in [4.78, 5) is 36.7. The van der Waals surface area contributed by atoms with E-state index in [9.17, 15) is 40.4 Å². The van der Waals surface area contributed by atoms with Crippen LogP contribution in [0.4, 0.5) is 28.9 Å². The number of hydrogen-bond acceptors (Lipinski definition) is 5. The minimum atomic E-state index is -5.58. The lowest BCUT2D eigenvalue weighted by Gasteiger charge is -2.33. The molecule has 2 amide bonds. The first kappa shape index (κ1) is 26.0. The maximum Gasteiger partial charge on any atom is 0.421 e. The predicted octanol–water partition coefficient (Wildman–Crippen LogP) is 3.27. The van der Waals surface area contributed by atoms with E-state index in [0.29, 0.717) is 4.90 Å². The fraction of sp³-hybridized carbons (Fsp3) is 0.227.